The summed E-state index contributed by atoms with van der Waals surface area (Å²) < 4.78 is 5.22. The van der Waals surface area contributed by atoms with E-state index >= 15 is 0 Å². The van der Waals surface area contributed by atoms with E-state index in [-0.39, 0.29) is 13.2 Å². The van der Waals surface area contributed by atoms with Crippen molar-refractivity contribution in [2.75, 3.05) is 66.1 Å². The van der Waals surface area contributed by atoms with Crippen LogP contribution in [0.15, 0.2) is 0 Å². The molecule has 9 nitrogen and oxygen atoms in total. The fraction of sp³-hybridized carbons (Fsp3) is 1.00. The first-order chi connectivity index (χ1) is 14.5. The van der Waals surface area contributed by atoms with Gasteiger partial charge in [-0.05, 0) is 56.8 Å². The highest BCUT2D eigenvalue weighted by Crippen LogP contribution is 2.27. The summed E-state index contributed by atoms with van der Waals surface area (Å²) in [6, 6.07) is 0. The van der Waals surface area contributed by atoms with Crippen LogP contribution in [-0.4, -0.2) is 107 Å². The van der Waals surface area contributed by atoms with E-state index in [0.717, 1.165) is 58.2 Å². The highest BCUT2D eigenvalue weighted by Gasteiger charge is 2.26. The lowest BCUT2D eigenvalue weighted by molar-refractivity contribution is -0.0328. The van der Waals surface area contributed by atoms with Gasteiger partial charge in [0.15, 0.2) is 0 Å². The van der Waals surface area contributed by atoms with E-state index in [9.17, 15) is 0 Å². The van der Waals surface area contributed by atoms with Crippen LogP contribution in [0.3, 0.4) is 0 Å². The van der Waals surface area contributed by atoms with Crippen LogP contribution in [0.2, 0.25) is 0 Å². The van der Waals surface area contributed by atoms with Crippen LogP contribution in [0, 0.1) is 17.3 Å². The summed E-state index contributed by atoms with van der Waals surface area (Å²) in [6.07, 6.45) is 7.98. The van der Waals surface area contributed by atoms with Crippen LogP contribution in [0.25, 0.3) is 0 Å². The standard InChI is InChI=1S/C8H18O3.C8H16O2.C5H12O4/c9-5-1-3-7-11-8-4-2-6-10;9-5-7-2-1-3-8(4-7)6-10;6-1-5(2-7,3-8)4-9/h9-10H,1-8H2;7-10H,1-6H2;6-9H,1-4H2. The van der Waals surface area contributed by atoms with E-state index in [4.69, 9.17) is 45.6 Å². The molecule has 1 aliphatic carbocycles. The highest BCUT2D eigenvalue weighted by molar-refractivity contribution is 4.75. The number of aliphatic hydroxyl groups is 8. The van der Waals surface area contributed by atoms with Crippen LogP contribution in [0.5, 0.6) is 0 Å². The van der Waals surface area contributed by atoms with Crippen molar-refractivity contribution in [2.24, 2.45) is 17.3 Å². The van der Waals surface area contributed by atoms with Gasteiger partial charge in [0.2, 0.25) is 0 Å². The second-order valence-electron chi connectivity index (χ2n) is 7.87. The summed E-state index contributed by atoms with van der Waals surface area (Å²) >= 11 is 0. The molecule has 0 aromatic heterocycles. The van der Waals surface area contributed by atoms with Gasteiger partial charge >= 0.3 is 0 Å². The summed E-state index contributed by atoms with van der Waals surface area (Å²) in [6.45, 7) is 0.935. The maximum absolute atomic E-state index is 8.82. The molecule has 1 rings (SSSR count). The smallest absolute Gasteiger partial charge is 0.0627 e. The fourth-order valence-corrected chi connectivity index (χ4v) is 2.77. The zero-order chi connectivity index (χ0) is 23.1. The molecule has 0 radical (unpaired) electrons. The fourth-order valence-electron chi connectivity index (χ4n) is 2.77. The van der Waals surface area contributed by atoms with E-state index in [1.807, 2.05) is 0 Å². The molecule has 2 unspecified atom stereocenters. The third-order valence-electron chi connectivity index (χ3n) is 5.14. The van der Waals surface area contributed by atoms with Gasteiger partial charge in [0, 0.05) is 39.6 Å². The SMILES string of the molecule is OCC(CO)(CO)CO.OCC1CCCC(CO)C1.OCCCCOCCCCO. The number of aliphatic hydroxyl groups excluding tert-OH is 8. The van der Waals surface area contributed by atoms with Crippen molar-refractivity contribution >= 4 is 0 Å². The lowest BCUT2D eigenvalue weighted by Crippen LogP contribution is -2.37. The average molecular weight is 443 g/mol. The Morgan fingerprint density at radius 3 is 1.27 bits per heavy atom. The van der Waals surface area contributed by atoms with E-state index < -0.39 is 31.8 Å². The minimum atomic E-state index is -1.11. The predicted molar refractivity (Wildman–Crippen MR) is 114 cm³/mol. The van der Waals surface area contributed by atoms with Crippen molar-refractivity contribution in [3.63, 3.8) is 0 Å². The van der Waals surface area contributed by atoms with Gasteiger partial charge in [-0.2, -0.15) is 0 Å². The first kappa shape index (κ1) is 31.8. The molecular formula is C21H46O9. The van der Waals surface area contributed by atoms with Gasteiger partial charge in [0.05, 0.1) is 31.8 Å². The molecule has 0 heterocycles. The summed E-state index contributed by atoms with van der Waals surface area (Å²) in [5.74, 6) is 0.928. The lowest BCUT2D eigenvalue weighted by Gasteiger charge is -2.26. The molecule has 8 N–H and O–H groups in total. The zero-order valence-corrected chi connectivity index (χ0v) is 18.4. The molecule has 0 aliphatic heterocycles. The van der Waals surface area contributed by atoms with Gasteiger partial charge < -0.3 is 45.6 Å². The maximum Gasteiger partial charge on any atom is 0.0627 e. The molecule has 1 aliphatic rings. The Bertz CT molecular complexity index is 292. The van der Waals surface area contributed by atoms with E-state index in [1.165, 1.54) is 6.42 Å². The summed E-state index contributed by atoms with van der Waals surface area (Å²) in [4.78, 5) is 0. The molecule has 30 heavy (non-hydrogen) atoms. The Kier molecular flexibility index (Phi) is 24.7. The maximum atomic E-state index is 8.82. The molecule has 2 atom stereocenters. The van der Waals surface area contributed by atoms with Crippen molar-refractivity contribution < 1.29 is 45.6 Å². The van der Waals surface area contributed by atoms with Gasteiger partial charge in [-0.1, -0.05) is 6.42 Å². The molecular weight excluding hydrogens is 396 g/mol. The molecule has 1 fully saturated rings. The number of unbranched alkanes of at least 4 members (excludes halogenated alkanes) is 2. The highest BCUT2D eigenvalue weighted by atomic mass is 16.5. The average Bonchev–Trinajstić information content (AvgIpc) is 2.81. The second kappa shape index (κ2) is 23.3. The molecule has 184 valence electrons. The molecule has 0 aromatic rings. The van der Waals surface area contributed by atoms with Crippen LogP contribution in [0.4, 0.5) is 0 Å². The summed E-state index contributed by atoms with van der Waals surface area (Å²) in [7, 11) is 0. The Hall–Kier alpha value is -0.360. The summed E-state index contributed by atoms with van der Waals surface area (Å²) in [5.41, 5.74) is -1.11. The first-order valence-electron chi connectivity index (χ1n) is 11.0. The van der Waals surface area contributed by atoms with Gasteiger partial charge in [-0.25, -0.2) is 0 Å². The van der Waals surface area contributed by atoms with Crippen molar-refractivity contribution in [1.29, 1.82) is 0 Å². The van der Waals surface area contributed by atoms with E-state index in [2.05, 4.69) is 0 Å². The third-order valence-corrected chi connectivity index (χ3v) is 5.14. The molecule has 0 amide bonds. The number of hydrogen-bond acceptors (Lipinski definition) is 9. The van der Waals surface area contributed by atoms with Crippen LogP contribution < -0.4 is 0 Å². The summed E-state index contributed by atoms with van der Waals surface area (Å²) in [5, 5.41) is 68.5. The molecule has 0 aromatic carbocycles. The van der Waals surface area contributed by atoms with Gasteiger partial charge in [0.1, 0.15) is 0 Å². The topological polar surface area (TPSA) is 171 Å². The third kappa shape index (κ3) is 17.3. The first-order valence-corrected chi connectivity index (χ1v) is 11.0. The predicted octanol–water partition coefficient (Wildman–Crippen LogP) is -0.733. The Morgan fingerprint density at radius 2 is 1.00 bits per heavy atom. The molecule has 0 bridgehead atoms. The van der Waals surface area contributed by atoms with Crippen molar-refractivity contribution in [2.45, 2.75) is 51.4 Å². The van der Waals surface area contributed by atoms with E-state index in [1.54, 1.807) is 0 Å². The molecule has 0 saturated heterocycles. The van der Waals surface area contributed by atoms with Crippen molar-refractivity contribution in [1.82, 2.24) is 0 Å². The Morgan fingerprint density at radius 1 is 0.600 bits per heavy atom. The van der Waals surface area contributed by atoms with E-state index in [0.29, 0.717) is 25.0 Å². The van der Waals surface area contributed by atoms with Gasteiger partial charge in [-0.15, -0.1) is 0 Å². The van der Waals surface area contributed by atoms with Crippen LogP contribution in [-0.2, 0) is 4.74 Å². The normalized spacial score (nSPS) is 18.8. The quantitative estimate of drug-likeness (QED) is 0.161. The monoisotopic (exact) mass is 442 g/mol. The number of rotatable bonds is 14. The van der Waals surface area contributed by atoms with Crippen LogP contribution >= 0.6 is 0 Å². The zero-order valence-electron chi connectivity index (χ0n) is 18.4. The number of hydrogen-bond donors (Lipinski definition) is 8. The van der Waals surface area contributed by atoms with Crippen LogP contribution in [0.1, 0.15) is 51.4 Å². The lowest BCUT2D eigenvalue weighted by atomic mass is 9.82. The molecule has 9 heteroatoms. The van der Waals surface area contributed by atoms with Crippen molar-refractivity contribution in [3.8, 4) is 0 Å². The number of ether oxygens (including phenoxy) is 1. The molecule has 1 saturated carbocycles. The minimum absolute atomic E-state index is 0.250. The second-order valence-corrected chi connectivity index (χ2v) is 7.87. The Labute approximate surface area is 181 Å². The van der Waals surface area contributed by atoms with Gasteiger partial charge in [0.25, 0.3) is 0 Å². The Balaban J connectivity index is 0. The van der Waals surface area contributed by atoms with Crippen molar-refractivity contribution in [3.05, 3.63) is 0 Å². The van der Waals surface area contributed by atoms with Gasteiger partial charge in [-0.3, -0.25) is 0 Å². The molecule has 0 spiro atoms. The minimum Gasteiger partial charge on any atom is -0.396 e. The largest absolute Gasteiger partial charge is 0.396 e.